The Bertz CT molecular complexity index is 2340. The summed E-state index contributed by atoms with van der Waals surface area (Å²) in [6, 6.07) is 30.0. The number of nitrogens with zero attached hydrogens (tertiary/aromatic N) is 3. The molecule has 0 spiro atoms. The predicted octanol–water partition coefficient (Wildman–Crippen LogP) is 9.11. The van der Waals surface area contributed by atoms with E-state index in [0.717, 1.165) is 53.0 Å². The molecule has 1 saturated carbocycles. The van der Waals surface area contributed by atoms with E-state index in [1.807, 2.05) is 60.7 Å². The van der Waals surface area contributed by atoms with Crippen molar-refractivity contribution >= 4 is 29.3 Å². The number of rotatable bonds is 27. The Labute approximate surface area is 407 Å². The van der Waals surface area contributed by atoms with Gasteiger partial charge in [-0.25, -0.2) is 4.79 Å². The van der Waals surface area contributed by atoms with Crippen molar-refractivity contribution in [2.24, 2.45) is 22.9 Å². The Hall–Kier alpha value is -5.75. The maximum absolute atomic E-state index is 14.9. The Morgan fingerprint density at radius 1 is 0.899 bits per heavy atom. The molecule has 0 aromatic heterocycles. The fourth-order valence-corrected chi connectivity index (χ4v) is 10.6. The first-order chi connectivity index (χ1) is 33.8. The Kier molecular flexibility index (Phi) is 19.1. The lowest BCUT2D eigenvalue weighted by Gasteiger charge is -2.59. The summed E-state index contributed by atoms with van der Waals surface area (Å²) in [7, 11) is 0. The lowest BCUT2D eigenvalue weighted by Crippen LogP contribution is -2.70. The molecule has 368 valence electrons. The number of non-ortho nitro benzene ring substituents is 1. The van der Waals surface area contributed by atoms with Crippen LogP contribution in [-0.2, 0) is 20.9 Å². The fraction of sp³-hybridized carbons (Fsp3) is 0.434. The third-order valence-corrected chi connectivity index (χ3v) is 13.8. The highest BCUT2D eigenvalue weighted by Crippen LogP contribution is 2.62. The topological polar surface area (TPSA) is 192 Å². The normalized spacial score (nSPS) is 21.8. The largest absolute Gasteiger partial charge is 0.493 e. The van der Waals surface area contributed by atoms with E-state index in [2.05, 4.69) is 30.9 Å². The molecule has 1 aliphatic heterocycles. The molecule has 3 aliphatic rings. The summed E-state index contributed by atoms with van der Waals surface area (Å²) in [5.41, 5.74) is 3.11. The first-order valence-corrected chi connectivity index (χ1v) is 24.7. The smallest absolute Gasteiger partial charge is 0.415 e. The highest BCUT2D eigenvalue weighted by Gasteiger charge is 2.65. The molecule has 0 radical (unpaired) electrons. The molecule has 7 rings (SSSR count). The van der Waals surface area contributed by atoms with Gasteiger partial charge in [-0.15, -0.1) is 18.3 Å². The standard InChI is InChI=1S/C53H63N3O12S/c1-2-29-65-53-49(55(25-30-63-31-28-59)52(60)67-41-21-19-40(20-22-41)56(61)62)36-47(54-66-37-38-13-5-3-6-14-38)45-34-39(15-9-11-26-57)44(18-10-12-27-58)50(51(45)53)46-35-42(23-24-48(46)68-53)64-32-33-69-43-16-7-4-8-17-43/h2-8,13-14,16-17,19-24,34-35,39,44,49-51,57-59H,1,9-12,15,18,25-33,36-37H2. The van der Waals surface area contributed by atoms with Crippen LogP contribution in [0.3, 0.4) is 0 Å². The average molecular weight is 966 g/mol. The molecule has 4 aromatic carbocycles. The number of nitro groups is 1. The van der Waals surface area contributed by atoms with Gasteiger partial charge < -0.3 is 43.8 Å². The van der Waals surface area contributed by atoms with Crippen LogP contribution in [0.5, 0.6) is 17.2 Å². The van der Waals surface area contributed by atoms with Crippen LogP contribution in [0.4, 0.5) is 10.5 Å². The minimum atomic E-state index is -1.60. The number of benzene rings is 4. The van der Waals surface area contributed by atoms with Crippen LogP contribution in [0, 0.1) is 27.9 Å². The van der Waals surface area contributed by atoms with Gasteiger partial charge in [0.15, 0.2) is 0 Å². The van der Waals surface area contributed by atoms with Crippen LogP contribution >= 0.6 is 11.8 Å². The molecule has 1 amide bonds. The quantitative estimate of drug-likeness (QED) is 0.0169. The Morgan fingerprint density at radius 3 is 2.33 bits per heavy atom. The van der Waals surface area contributed by atoms with Crippen molar-refractivity contribution in [3.63, 3.8) is 0 Å². The van der Waals surface area contributed by atoms with E-state index < -0.39 is 28.8 Å². The van der Waals surface area contributed by atoms with Crippen LogP contribution in [-0.4, -0.2) is 107 Å². The van der Waals surface area contributed by atoms with Crippen LogP contribution in [0.15, 0.2) is 137 Å². The number of thioether (sulfide) groups is 1. The van der Waals surface area contributed by atoms with Crippen molar-refractivity contribution in [1.82, 2.24) is 4.90 Å². The summed E-state index contributed by atoms with van der Waals surface area (Å²) >= 11 is 1.71. The summed E-state index contributed by atoms with van der Waals surface area (Å²) in [6.45, 7) is 4.58. The van der Waals surface area contributed by atoms with Gasteiger partial charge in [0.05, 0.1) is 49.6 Å². The van der Waals surface area contributed by atoms with E-state index in [1.54, 1.807) is 17.8 Å². The molecule has 0 bridgehead atoms. The predicted molar refractivity (Wildman–Crippen MR) is 263 cm³/mol. The Morgan fingerprint density at radius 2 is 1.62 bits per heavy atom. The number of ether oxygens (including phenoxy) is 5. The molecule has 6 unspecified atom stereocenters. The van der Waals surface area contributed by atoms with E-state index in [4.69, 9.17) is 33.7 Å². The number of allylic oxidation sites excluding steroid dienone is 1. The number of aliphatic hydroxyl groups is 3. The van der Waals surface area contributed by atoms with Crippen molar-refractivity contribution < 1.29 is 53.6 Å². The summed E-state index contributed by atoms with van der Waals surface area (Å²) < 4.78 is 32.7. The number of nitro benzene ring substituents is 1. The summed E-state index contributed by atoms with van der Waals surface area (Å²) in [4.78, 5) is 34.7. The molecule has 2 aliphatic carbocycles. The highest BCUT2D eigenvalue weighted by molar-refractivity contribution is 7.99. The van der Waals surface area contributed by atoms with Crippen molar-refractivity contribution in [2.45, 2.75) is 74.2 Å². The molecule has 15 nitrogen and oxygen atoms in total. The number of hydrogen-bond acceptors (Lipinski definition) is 14. The third-order valence-electron chi connectivity index (χ3n) is 12.8. The van der Waals surface area contributed by atoms with Crippen molar-refractivity contribution in [3.8, 4) is 17.2 Å². The first kappa shape index (κ1) is 51.1. The average Bonchev–Trinajstić information content (AvgIpc) is 3.37. The van der Waals surface area contributed by atoms with Crippen molar-refractivity contribution in [3.05, 3.63) is 149 Å². The summed E-state index contributed by atoms with van der Waals surface area (Å²) in [5, 5.41) is 46.1. The molecule has 0 saturated heterocycles. The molecule has 16 heteroatoms. The van der Waals surface area contributed by atoms with Gasteiger partial charge in [0, 0.05) is 60.4 Å². The molecular weight excluding hydrogens is 903 g/mol. The highest BCUT2D eigenvalue weighted by atomic mass is 32.2. The lowest BCUT2D eigenvalue weighted by atomic mass is 9.55. The van der Waals surface area contributed by atoms with Crippen LogP contribution in [0.2, 0.25) is 0 Å². The Balaban J connectivity index is 1.38. The number of carbonyl (C=O) groups is 1. The lowest BCUT2D eigenvalue weighted by molar-refractivity contribution is -0.384. The summed E-state index contributed by atoms with van der Waals surface area (Å²) in [6.07, 6.45) is 7.49. The molecule has 1 fully saturated rings. The minimum Gasteiger partial charge on any atom is -0.493 e. The van der Waals surface area contributed by atoms with Crippen LogP contribution < -0.4 is 14.2 Å². The van der Waals surface area contributed by atoms with Gasteiger partial charge in [-0.2, -0.15) is 0 Å². The maximum atomic E-state index is 14.9. The second-order valence-electron chi connectivity index (χ2n) is 17.2. The third kappa shape index (κ3) is 12.9. The van der Waals surface area contributed by atoms with E-state index in [-0.39, 0.29) is 88.4 Å². The van der Waals surface area contributed by atoms with Gasteiger partial charge >= 0.3 is 6.09 Å². The molecule has 69 heavy (non-hydrogen) atoms. The van der Waals surface area contributed by atoms with Crippen LogP contribution in [0.25, 0.3) is 0 Å². The SMILES string of the molecule is C=CCOC12Oc3ccc(OCCSc4ccccc4)cc3C3C(CCCCO)C(CCCCO)C=C(C(=NOCc4ccccc4)CC1N(CCOCCO)C(=O)Oc1ccc([N+](=O)[O-])cc1)C32. The fourth-order valence-electron chi connectivity index (χ4n) is 9.83. The van der Waals surface area contributed by atoms with E-state index in [0.29, 0.717) is 36.7 Å². The van der Waals surface area contributed by atoms with Crippen LogP contribution in [0.1, 0.15) is 62.0 Å². The van der Waals surface area contributed by atoms with Crippen molar-refractivity contribution in [2.75, 3.05) is 58.5 Å². The maximum Gasteiger partial charge on any atom is 0.415 e. The van der Waals surface area contributed by atoms with Gasteiger partial charge in [-0.3, -0.25) is 15.0 Å². The first-order valence-electron chi connectivity index (χ1n) is 23.8. The van der Waals surface area contributed by atoms with Gasteiger partial charge in [0.2, 0.25) is 5.79 Å². The molecular formula is C53H63N3O12S. The number of aliphatic hydroxyl groups excluding tert-OH is 3. The zero-order chi connectivity index (χ0) is 48.4. The van der Waals surface area contributed by atoms with Gasteiger partial charge in [0.25, 0.3) is 5.69 Å². The second-order valence-corrected chi connectivity index (χ2v) is 18.4. The molecule has 6 atom stereocenters. The number of oxime groups is 1. The summed E-state index contributed by atoms with van der Waals surface area (Å²) in [5.74, 6) is -0.487. The zero-order valence-electron chi connectivity index (χ0n) is 38.9. The van der Waals surface area contributed by atoms with Crippen molar-refractivity contribution in [1.29, 1.82) is 0 Å². The van der Waals surface area contributed by atoms with E-state index >= 15 is 0 Å². The number of hydrogen-bond donors (Lipinski definition) is 3. The number of fused-ring (bicyclic) bond motifs is 2. The van der Waals surface area contributed by atoms with Gasteiger partial charge in [-0.1, -0.05) is 78.7 Å². The van der Waals surface area contributed by atoms with Gasteiger partial charge in [-0.05, 0) is 91.1 Å². The zero-order valence-corrected chi connectivity index (χ0v) is 39.7. The number of carbonyl (C=O) groups excluding carboxylic acids is 1. The van der Waals surface area contributed by atoms with E-state index in [1.165, 1.54) is 29.2 Å². The second kappa shape index (κ2) is 25.7. The minimum absolute atomic E-state index is 0.00681. The number of unbranched alkanes of at least 4 members (excludes halogenated alkanes) is 2. The van der Waals surface area contributed by atoms with E-state index in [9.17, 15) is 30.2 Å². The monoisotopic (exact) mass is 965 g/mol. The van der Waals surface area contributed by atoms with Gasteiger partial charge in [0.1, 0.15) is 29.9 Å². The molecule has 3 N–H and O–H groups in total. The number of amides is 1. The molecule has 1 heterocycles. The molecule has 4 aromatic rings.